The van der Waals surface area contributed by atoms with Crippen molar-refractivity contribution < 1.29 is 19.1 Å². The number of ether oxygens (including phenoxy) is 1. The fraction of sp³-hybridized carbons (Fsp3) is 0.353. The van der Waals surface area contributed by atoms with Gasteiger partial charge in [-0.2, -0.15) is 0 Å². The smallest absolute Gasteiger partial charge is 0.412 e. The van der Waals surface area contributed by atoms with Crippen LogP contribution in [-0.2, 0) is 17.9 Å². The first-order chi connectivity index (χ1) is 10.9. The Balaban J connectivity index is 1.85. The molecular formula is C17H22N2O4. The van der Waals surface area contributed by atoms with Crippen LogP contribution in [0.3, 0.4) is 0 Å². The number of hydrogen-bond acceptors (Lipinski definition) is 5. The Kier molecular flexibility index (Phi) is 5.28. The van der Waals surface area contributed by atoms with Gasteiger partial charge in [-0.25, -0.2) is 4.79 Å². The summed E-state index contributed by atoms with van der Waals surface area (Å²) in [6, 6.07) is 10.8. The zero-order valence-electron chi connectivity index (χ0n) is 13.6. The molecule has 23 heavy (non-hydrogen) atoms. The largest absolute Gasteiger partial charge is 0.462 e. The van der Waals surface area contributed by atoms with Crippen LogP contribution in [0, 0.1) is 0 Å². The van der Waals surface area contributed by atoms with E-state index in [2.05, 4.69) is 10.6 Å². The van der Waals surface area contributed by atoms with Crippen molar-refractivity contribution in [1.29, 1.82) is 0 Å². The number of carbonyl (C=O) groups is 1. The maximum absolute atomic E-state index is 11.7. The Labute approximate surface area is 135 Å². The Hall–Kier alpha value is -2.47. The summed E-state index contributed by atoms with van der Waals surface area (Å²) in [6.45, 7) is 5.85. The zero-order valence-corrected chi connectivity index (χ0v) is 13.6. The second kappa shape index (κ2) is 7.19. The van der Waals surface area contributed by atoms with Gasteiger partial charge in [0.2, 0.25) is 0 Å². The lowest BCUT2D eigenvalue weighted by atomic mass is 10.2. The van der Waals surface area contributed by atoms with Crippen LogP contribution in [0.1, 0.15) is 32.3 Å². The van der Waals surface area contributed by atoms with Crippen LogP contribution >= 0.6 is 0 Å². The predicted molar refractivity (Wildman–Crippen MR) is 88.3 cm³/mol. The first kappa shape index (κ1) is 16.9. The van der Waals surface area contributed by atoms with Gasteiger partial charge in [0.1, 0.15) is 23.7 Å². The minimum atomic E-state index is -0.526. The van der Waals surface area contributed by atoms with Crippen LogP contribution in [0.15, 0.2) is 40.8 Å². The Bertz CT molecular complexity index is 641. The molecule has 2 rings (SSSR count). The van der Waals surface area contributed by atoms with Crippen LogP contribution in [0.4, 0.5) is 16.2 Å². The van der Waals surface area contributed by atoms with Crippen LogP contribution in [0.5, 0.6) is 0 Å². The molecule has 0 spiro atoms. The summed E-state index contributed by atoms with van der Waals surface area (Å²) in [5.74, 6) is 1.28. The summed E-state index contributed by atoms with van der Waals surface area (Å²) >= 11 is 0. The maximum Gasteiger partial charge on any atom is 0.412 e. The van der Waals surface area contributed by atoms with Crippen molar-refractivity contribution in [2.45, 2.75) is 39.5 Å². The van der Waals surface area contributed by atoms with E-state index in [-0.39, 0.29) is 6.61 Å². The highest BCUT2D eigenvalue weighted by atomic mass is 16.6. The van der Waals surface area contributed by atoms with Gasteiger partial charge < -0.3 is 19.6 Å². The molecule has 0 saturated carbocycles. The minimum Gasteiger partial charge on any atom is -0.462 e. The van der Waals surface area contributed by atoms with Gasteiger partial charge in [-0.3, -0.25) is 5.32 Å². The third-order valence-corrected chi connectivity index (χ3v) is 2.87. The van der Waals surface area contributed by atoms with Crippen molar-refractivity contribution in [3.63, 3.8) is 0 Å². The number of furan rings is 1. The highest BCUT2D eigenvalue weighted by molar-refractivity contribution is 5.85. The Morgan fingerprint density at radius 3 is 2.26 bits per heavy atom. The second-order valence-corrected chi connectivity index (χ2v) is 6.08. The molecule has 0 fully saturated rings. The van der Waals surface area contributed by atoms with Gasteiger partial charge in [-0.05, 0) is 57.2 Å². The monoisotopic (exact) mass is 318 g/mol. The number of carbonyl (C=O) groups excluding carboxylic acids is 1. The summed E-state index contributed by atoms with van der Waals surface area (Å²) in [6.07, 6.45) is -0.481. The van der Waals surface area contributed by atoms with Crippen LogP contribution in [0.25, 0.3) is 0 Å². The van der Waals surface area contributed by atoms with E-state index in [1.807, 2.05) is 39.0 Å². The van der Waals surface area contributed by atoms with Crippen LogP contribution in [-0.4, -0.2) is 16.8 Å². The lowest BCUT2D eigenvalue weighted by Gasteiger charge is -2.19. The van der Waals surface area contributed by atoms with Gasteiger partial charge in [0.15, 0.2) is 0 Å². The number of aliphatic hydroxyl groups is 1. The normalized spacial score (nSPS) is 11.1. The van der Waals surface area contributed by atoms with E-state index in [0.29, 0.717) is 18.0 Å². The predicted octanol–water partition coefficient (Wildman–Crippen LogP) is 3.73. The van der Waals surface area contributed by atoms with Crippen molar-refractivity contribution in [2.24, 2.45) is 0 Å². The van der Waals surface area contributed by atoms with E-state index in [0.717, 1.165) is 11.4 Å². The first-order valence-corrected chi connectivity index (χ1v) is 7.38. The van der Waals surface area contributed by atoms with E-state index in [9.17, 15) is 4.79 Å². The van der Waals surface area contributed by atoms with Crippen molar-refractivity contribution in [2.75, 3.05) is 10.6 Å². The first-order valence-electron chi connectivity index (χ1n) is 7.38. The van der Waals surface area contributed by atoms with Crippen molar-refractivity contribution >= 4 is 17.5 Å². The van der Waals surface area contributed by atoms with E-state index < -0.39 is 11.7 Å². The topological polar surface area (TPSA) is 83.7 Å². The fourth-order valence-electron chi connectivity index (χ4n) is 1.88. The number of benzene rings is 1. The third kappa shape index (κ3) is 5.67. The fourth-order valence-corrected chi connectivity index (χ4v) is 1.88. The van der Waals surface area contributed by atoms with Crippen LogP contribution in [0.2, 0.25) is 0 Å². The molecule has 124 valence electrons. The van der Waals surface area contributed by atoms with Gasteiger partial charge in [-0.1, -0.05) is 0 Å². The standard InChI is InChI=1S/C17H22N2O4/c1-17(2,3)23-16(21)19-13-6-4-12(5-7-13)18-10-14-8-9-15(11-20)22-14/h4-9,18,20H,10-11H2,1-3H3,(H,19,21). The SMILES string of the molecule is CC(C)(C)OC(=O)Nc1ccc(NCc2ccc(CO)o2)cc1. The zero-order chi connectivity index (χ0) is 16.9. The summed E-state index contributed by atoms with van der Waals surface area (Å²) < 4.78 is 10.6. The summed E-state index contributed by atoms with van der Waals surface area (Å²) in [5.41, 5.74) is 1.02. The molecule has 3 N–H and O–H groups in total. The van der Waals surface area contributed by atoms with Gasteiger partial charge in [0.25, 0.3) is 0 Å². The molecule has 1 aromatic carbocycles. The van der Waals surface area contributed by atoms with E-state index in [1.165, 1.54) is 0 Å². The number of amides is 1. The summed E-state index contributed by atoms with van der Waals surface area (Å²) in [5, 5.41) is 14.8. The van der Waals surface area contributed by atoms with Gasteiger partial charge in [0, 0.05) is 11.4 Å². The van der Waals surface area contributed by atoms with E-state index in [4.69, 9.17) is 14.3 Å². The number of rotatable bonds is 5. The molecule has 1 heterocycles. The van der Waals surface area contributed by atoms with Gasteiger partial charge in [-0.15, -0.1) is 0 Å². The number of aliphatic hydroxyl groups excluding tert-OH is 1. The lowest BCUT2D eigenvalue weighted by molar-refractivity contribution is 0.0636. The molecule has 1 amide bonds. The third-order valence-electron chi connectivity index (χ3n) is 2.87. The molecule has 0 aliphatic carbocycles. The van der Waals surface area contributed by atoms with Crippen LogP contribution < -0.4 is 10.6 Å². The molecule has 6 heteroatoms. The molecule has 6 nitrogen and oxygen atoms in total. The minimum absolute atomic E-state index is 0.106. The van der Waals surface area contributed by atoms with Gasteiger partial charge >= 0.3 is 6.09 Å². The van der Waals surface area contributed by atoms with E-state index in [1.54, 1.807) is 18.2 Å². The molecule has 0 unspecified atom stereocenters. The molecular weight excluding hydrogens is 296 g/mol. The molecule has 0 radical (unpaired) electrons. The second-order valence-electron chi connectivity index (χ2n) is 6.08. The number of anilines is 2. The number of hydrogen-bond donors (Lipinski definition) is 3. The maximum atomic E-state index is 11.7. The van der Waals surface area contributed by atoms with E-state index >= 15 is 0 Å². The molecule has 0 atom stereocenters. The lowest BCUT2D eigenvalue weighted by Crippen LogP contribution is -2.27. The van der Waals surface area contributed by atoms with Crippen molar-refractivity contribution in [1.82, 2.24) is 0 Å². The molecule has 0 aliphatic heterocycles. The Morgan fingerprint density at radius 2 is 1.70 bits per heavy atom. The molecule has 2 aromatic rings. The number of nitrogens with one attached hydrogen (secondary N) is 2. The highest BCUT2D eigenvalue weighted by Gasteiger charge is 2.16. The Morgan fingerprint density at radius 1 is 1.09 bits per heavy atom. The summed E-state index contributed by atoms with van der Waals surface area (Å²) in [7, 11) is 0. The average molecular weight is 318 g/mol. The molecule has 0 aliphatic rings. The summed E-state index contributed by atoms with van der Waals surface area (Å²) in [4.78, 5) is 11.7. The van der Waals surface area contributed by atoms with Crippen molar-refractivity contribution in [3.05, 3.63) is 47.9 Å². The average Bonchev–Trinajstić information content (AvgIpc) is 2.92. The molecule has 1 aromatic heterocycles. The highest BCUT2D eigenvalue weighted by Crippen LogP contribution is 2.17. The van der Waals surface area contributed by atoms with Crippen molar-refractivity contribution in [3.8, 4) is 0 Å². The molecule has 0 bridgehead atoms. The van der Waals surface area contributed by atoms with Gasteiger partial charge in [0.05, 0.1) is 6.54 Å². The molecule has 0 saturated heterocycles. The quantitative estimate of drug-likeness (QED) is 0.782.